The van der Waals surface area contributed by atoms with E-state index in [1.165, 1.54) is 15.6 Å². The second-order valence-corrected chi connectivity index (χ2v) is 12.5. The Balaban J connectivity index is 2.00. The van der Waals surface area contributed by atoms with Gasteiger partial charge in [-0.15, -0.1) is 0 Å². The fraction of sp³-hybridized carbons (Fsp3) is 0.269. The fourth-order valence-corrected chi connectivity index (χ4v) is 8.85. The highest BCUT2D eigenvalue weighted by Crippen LogP contribution is 2.18. The van der Waals surface area contributed by atoms with Gasteiger partial charge in [0.2, 0.25) is 0 Å². The Bertz CT molecular complexity index is 803. The van der Waals surface area contributed by atoms with Crippen molar-refractivity contribution in [3.05, 3.63) is 91.0 Å². The smallest absolute Gasteiger partial charge is 0.306 e. The van der Waals surface area contributed by atoms with E-state index < -0.39 is 13.7 Å². The zero-order valence-electron chi connectivity index (χ0n) is 17.6. The molecular formula is C26H30O2Si. The molecule has 0 aliphatic carbocycles. The lowest BCUT2D eigenvalue weighted by Crippen LogP contribution is -2.66. The highest BCUT2D eigenvalue weighted by atomic mass is 28.3. The number of carbonyl (C=O) groups is 1. The zero-order chi connectivity index (χ0) is 20.7. The van der Waals surface area contributed by atoms with Crippen molar-refractivity contribution in [2.45, 2.75) is 45.3 Å². The summed E-state index contributed by atoms with van der Waals surface area (Å²) < 4.78 is 5.55. The molecule has 3 rings (SSSR count). The van der Waals surface area contributed by atoms with Gasteiger partial charge in [0, 0.05) is 6.42 Å². The normalized spacial score (nSPS) is 11.8. The Kier molecular flexibility index (Phi) is 6.70. The predicted octanol–water partition coefficient (Wildman–Crippen LogP) is 4.28. The predicted molar refractivity (Wildman–Crippen MR) is 124 cm³/mol. The van der Waals surface area contributed by atoms with Crippen molar-refractivity contribution in [1.82, 2.24) is 0 Å². The van der Waals surface area contributed by atoms with E-state index in [2.05, 4.69) is 91.0 Å². The lowest BCUT2D eigenvalue weighted by atomic mass is 10.2. The molecule has 0 radical (unpaired) electrons. The van der Waals surface area contributed by atoms with E-state index in [0.29, 0.717) is 6.42 Å². The van der Waals surface area contributed by atoms with Crippen LogP contribution in [0.4, 0.5) is 0 Å². The van der Waals surface area contributed by atoms with E-state index >= 15 is 0 Å². The van der Waals surface area contributed by atoms with Gasteiger partial charge in [0.15, 0.2) is 0 Å². The molecule has 2 nitrogen and oxygen atoms in total. The van der Waals surface area contributed by atoms with Gasteiger partial charge < -0.3 is 4.74 Å². The lowest BCUT2D eigenvalue weighted by molar-refractivity contribution is -0.154. The van der Waals surface area contributed by atoms with Gasteiger partial charge in [-0.05, 0) is 48.8 Å². The van der Waals surface area contributed by atoms with E-state index in [-0.39, 0.29) is 5.97 Å². The molecule has 0 amide bonds. The molecule has 0 aliphatic rings. The first-order chi connectivity index (χ1) is 13.9. The average molecular weight is 403 g/mol. The molecule has 3 aromatic rings. The quantitative estimate of drug-likeness (QED) is 0.335. The fourth-order valence-electron chi connectivity index (χ4n) is 3.99. The maximum Gasteiger partial charge on any atom is 0.306 e. The molecule has 0 saturated carbocycles. The molecule has 0 atom stereocenters. The van der Waals surface area contributed by atoms with Crippen molar-refractivity contribution in [1.29, 1.82) is 0 Å². The van der Waals surface area contributed by atoms with E-state index in [1.54, 1.807) is 0 Å². The summed E-state index contributed by atoms with van der Waals surface area (Å²) in [4.78, 5) is 12.3. The first-order valence-corrected chi connectivity index (χ1v) is 12.5. The Hall–Kier alpha value is -2.65. The maximum absolute atomic E-state index is 12.3. The van der Waals surface area contributed by atoms with Crippen molar-refractivity contribution in [2.75, 3.05) is 0 Å². The third kappa shape index (κ3) is 5.24. The zero-order valence-corrected chi connectivity index (χ0v) is 18.6. The van der Waals surface area contributed by atoms with Crippen LogP contribution in [0, 0.1) is 0 Å². The van der Waals surface area contributed by atoms with Gasteiger partial charge in [0.05, 0.1) is 0 Å². The molecular weight excluding hydrogens is 372 g/mol. The lowest BCUT2D eigenvalue weighted by Gasteiger charge is -2.34. The number of carbonyl (C=O) groups excluding carboxylic acids is 1. The van der Waals surface area contributed by atoms with Gasteiger partial charge in [-0.3, -0.25) is 4.79 Å². The second kappa shape index (κ2) is 9.23. The maximum atomic E-state index is 12.3. The number of hydrogen-bond donors (Lipinski definition) is 0. The molecule has 0 spiro atoms. The Morgan fingerprint density at radius 3 is 1.45 bits per heavy atom. The van der Waals surface area contributed by atoms with Crippen LogP contribution in [0.1, 0.15) is 33.6 Å². The third-order valence-electron chi connectivity index (χ3n) is 5.15. The van der Waals surface area contributed by atoms with Crippen molar-refractivity contribution in [3.63, 3.8) is 0 Å². The van der Waals surface area contributed by atoms with Crippen LogP contribution in [0.15, 0.2) is 91.0 Å². The molecule has 3 heteroatoms. The van der Waals surface area contributed by atoms with Gasteiger partial charge in [0.1, 0.15) is 13.7 Å². The summed E-state index contributed by atoms with van der Waals surface area (Å²) >= 11 is 0. The van der Waals surface area contributed by atoms with E-state index in [9.17, 15) is 4.79 Å². The van der Waals surface area contributed by atoms with Gasteiger partial charge in [0.25, 0.3) is 0 Å². The van der Waals surface area contributed by atoms with E-state index in [1.807, 2.05) is 20.8 Å². The molecule has 0 unspecified atom stereocenters. The summed E-state index contributed by atoms with van der Waals surface area (Å²) in [5, 5.41) is 4.13. The molecule has 29 heavy (non-hydrogen) atoms. The molecule has 3 aromatic carbocycles. The monoisotopic (exact) mass is 402 g/mol. The van der Waals surface area contributed by atoms with Gasteiger partial charge >= 0.3 is 5.97 Å². The van der Waals surface area contributed by atoms with E-state index in [0.717, 1.165) is 12.5 Å². The Morgan fingerprint density at radius 1 is 0.724 bits per heavy atom. The first-order valence-electron chi connectivity index (χ1n) is 10.3. The van der Waals surface area contributed by atoms with Crippen LogP contribution in [0.2, 0.25) is 6.04 Å². The number of ether oxygens (including phenoxy) is 1. The summed E-state index contributed by atoms with van der Waals surface area (Å²) in [5.74, 6) is -0.116. The minimum Gasteiger partial charge on any atom is -0.460 e. The van der Waals surface area contributed by atoms with E-state index in [4.69, 9.17) is 4.74 Å². The summed E-state index contributed by atoms with van der Waals surface area (Å²) in [6.07, 6.45) is 1.25. The molecule has 0 fully saturated rings. The van der Waals surface area contributed by atoms with Gasteiger partial charge in [-0.1, -0.05) is 91.0 Å². The number of esters is 1. The molecule has 0 aromatic heterocycles. The summed E-state index contributed by atoms with van der Waals surface area (Å²) in [6, 6.07) is 33.4. The van der Waals surface area contributed by atoms with Crippen LogP contribution in [-0.4, -0.2) is 19.6 Å². The minimum absolute atomic E-state index is 0.116. The summed E-state index contributed by atoms with van der Waals surface area (Å²) in [7, 11) is -2.26. The number of hydrogen-bond acceptors (Lipinski definition) is 2. The molecule has 0 aliphatic heterocycles. The summed E-state index contributed by atoms with van der Waals surface area (Å²) in [6.45, 7) is 5.76. The molecule has 0 bridgehead atoms. The van der Waals surface area contributed by atoms with Crippen LogP contribution < -0.4 is 15.6 Å². The summed E-state index contributed by atoms with van der Waals surface area (Å²) in [5.41, 5.74) is -0.441. The highest BCUT2D eigenvalue weighted by Gasteiger charge is 2.38. The number of benzene rings is 3. The third-order valence-corrected chi connectivity index (χ3v) is 10.2. The van der Waals surface area contributed by atoms with Crippen LogP contribution in [0.5, 0.6) is 0 Å². The number of rotatable bonds is 7. The Labute approximate surface area is 175 Å². The Morgan fingerprint density at radius 2 is 1.10 bits per heavy atom. The second-order valence-electron chi connectivity index (χ2n) is 8.44. The standard InChI is InChI=1S/C26H30O2Si/c1-26(2,3)28-25(27)20-13-21-29(22-14-7-4-8-15-22,23-16-9-5-10-17-23)24-18-11-6-12-19-24/h4-12,14-19H,13,20-21H2,1-3H3. The first kappa shape index (κ1) is 21.1. The molecule has 0 N–H and O–H groups in total. The van der Waals surface area contributed by atoms with Crippen LogP contribution >= 0.6 is 0 Å². The minimum atomic E-state index is -2.26. The van der Waals surface area contributed by atoms with Crippen LogP contribution in [-0.2, 0) is 9.53 Å². The average Bonchev–Trinajstić information content (AvgIpc) is 2.72. The van der Waals surface area contributed by atoms with Crippen molar-refractivity contribution >= 4 is 29.6 Å². The van der Waals surface area contributed by atoms with Crippen molar-refractivity contribution < 1.29 is 9.53 Å². The SMILES string of the molecule is CC(C)(C)OC(=O)CCC[Si](c1ccccc1)(c1ccccc1)c1ccccc1. The molecule has 0 heterocycles. The van der Waals surface area contributed by atoms with Crippen LogP contribution in [0.25, 0.3) is 0 Å². The molecule has 150 valence electrons. The largest absolute Gasteiger partial charge is 0.460 e. The van der Waals surface area contributed by atoms with Gasteiger partial charge in [-0.25, -0.2) is 0 Å². The van der Waals surface area contributed by atoms with Gasteiger partial charge in [-0.2, -0.15) is 0 Å². The van der Waals surface area contributed by atoms with Crippen LogP contribution in [0.3, 0.4) is 0 Å². The molecule has 0 saturated heterocycles. The van der Waals surface area contributed by atoms with Crippen molar-refractivity contribution in [2.24, 2.45) is 0 Å². The van der Waals surface area contributed by atoms with Crippen molar-refractivity contribution in [3.8, 4) is 0 Å². The topological polar surface area (TPSA) is 26.3 Å². The highest BCUT2D eigenvalue weighted by molar-refractivity contribution is 7.11.